The van der Waals surface area contributed by atoms with E-state index in [2.05, 4.69) is 4.72 Å². The van der Waals surface area contributed by atoms with Gasteiger partial charge in [-0.25, -0.2) is 21.9 Å². The van der Waals surface area contributed by atoms with E-state index in [1.54, 1.807) is 6.92 Å². The number of nitrogens with two attached hydrogens (primary N) is 1. The second kappa shape index (κ2) is 5.72. The maximum atomic E-state index is 13.5. The lowest BCUT2D eigenvalue weighted by molar-refractivity contribution is -0.0248. The molecule has 0 bridgehead atoms. The number of rotatable bonds is 5. The Labute approximate surface area is 116 Å². The van der Waals surface area contributed by atoms with Crippen LogP contribution < -0.4 is 10.5 Å². The van der Waals surface area contributed by atoms with Gasteiger partial charge in [-0.1, -0.05) is 0 Å². The number of hydrogen-bond donors (Lipinski definition) is 2. The third-order valence-corrected chi connectivity index (χ3v) is 4.70. The zero-order chi connectivity index (χ0) is 14.9. The van der Waals surface area contributed by atoms with Gasteiger partial charge in [-0.15, -0.1) is 0 Å². The Balaban J connectivity index is 2.21. The van der Waals surface area contributed by atoms with E-state index < -0.39 is 38.6 Å². The fraction of sp³-hybridized carbons (Fsp3) is 0.500. The summed E-state index contributed by atoms with van der Waals surface area (Å²) in [7, 11) is -4.18. The minimum Gasteiger partial charge on any atom is -0.377 e. The lowest BCUT2D eigenvalue weighted by atomic mass is 9.84. The van der Waals surface area contributed by atoms with Crippen molar-refractivity contribution in [2.45, 2.75) is 36.4 Å². The van der Waals surface area contributed by atoms with Gasteiger partial charge in [0.05, 0.1) is 12.1 Å². The van der Waals surface area contributed by atoms with Gasteiger partial charge in [0.15, 0.2) is 0 Å². The van der Waals surface area contributed by atoms with Crippen LogP contribution in [0, 0.1) is 11.6 Å². The van der Waals surface area contributed by atoms with Gasteiger partial charge in [0.25, 0.3) is 0 Å². The number of sulfonamides is 1. The summed E-state index contributed by atoms with van der Waals surface area (Å²) in [5.41, 5.74) is 5.72. The van der Waals surface area contributed by atoms with Gasteiger partial charge >= 0.3 is 0 Å². The standard InChI is InChI=1S/C12H16F2N2O3S/c1-2-19-10-6-9(15)12(10)16-20(17,18)11-5-7(13)3-4-8(11)14/h3-5,9-10,12,16H,2,6,15H2,1H3. The van der Waals surface area contributed by atoms with E-state index in [4.69, 9.17) is 10.5 Å². The number of hydrogen-bond acceptors (Lipinski definition) is 4. The molecule has 0 aliphatic heterocycles. The molecule has 1 aromatic carbocycles. The van der Waals surface area contributed by atoms with Crippen LogP contribution in [0.3, 0.4) is 0 Å². The van der Waals surface area contributed by atoms with E-state index in [9.17, 15) is 17.2 Å². The van der Waals surface area contributed by atoms with Crippen LogP contribution in [-0.2, 0) is 14.8 Å². The van der Waals surface area contributed by atoms with Crippen LogP contribution in [0.4, 0.5) is 8.78 Å². The van der Waals surface area contributed by atoms with Crippen molar-refractivity contribution in [1.29, 1.82) is 0 Å². The molecule has 1 aliphatic rings. The molecule has 1 saturated carbocycles. The van der Waals surface area contributed by atoms with Gasteiger partial charge in [-0.2, -0.15) is 0 Å². The molecule has 1 aromatic rings. The summed E-state index contributed by atoms with van der Waals surface area (Å²) in [6.07, 6.45) is 0.175. The average Bonchev–Trinajstić information content (AvgIpc) is 2.39. The van der Waals surface area contributed by atoms with Crippen molar-refractivity contribution >= 4 is 10.0 Å². The van der Waals surface area contributed by atoms with E-state index in [0.717, 1.165) is 12.1 Å². The van der Waals surface area contributed by atoms with Crippen LogP contribution in [-0.4, -0.2) is 33.2 Å². The summed E-state index contributed by atoms with van der Waals surface area (Å²) in [5.74, 6) is -1.84. The van der Waals surface area contributed by atoms with Crippen LogP contribution in [0.1, 0.15) is 13.3 Å². The lowest BCUT2D eigenvalue weighted by Gasteiger charge is -2.42. The van der Waals surface area contributed by atoms with Gasteiger partial charge in [0.2, 0.25) is 10.0 Å². The topological polar surface area (TPSA) is 81.4 Å². The largest absolute Gasteiger partial charge is 0.377 e. The average molecular weight is 306 g/mol. The second-order valence-electron chi connectivity index (χ2n) is 4.62. The quantitative estimate of drug-likeness (QED) is 0.841. The molecule has 1 fully saturated rings. The van der Waals surface area contributed by atoms with E-state index in [1.807, 2.05) is 0 Å². The lowest BCUT2D eigenvalue weighted by Crippen LogP contribution is -2.64. The zero-order valence-electron chi connectivity index (χ0n) is 10.8. The summed E-state index contributed by atoms with van der Waals surface area (Å²) >= 11 is 0. The Morgan fingerprint density at radius 3 is 2.75 bits per heavy atom. The van der Waals surface area contributed by atoms with Crippen LogP contribution in [0.2, 0.25) is 0 Å². The van der Waals surface area contributed by atoms with Crippen molar-refractivity contribution in [2.24, 2.45) is 5.73 Å². The fourth-order valence-corrected chi connectivity index (χ4v) is 3.52. The van der Waals surface area contributed by atoms with E-state index >= 15 is 0 Å². The highest BCUT2D eigenvalue weighted by Gasteiger charge is 2.42. The summed E-state index contributed by atoms with van der Waals surface area (Å²) in [4.78, 5) is -0.730. The highest BCUT2D eigenvalue weighted by molar-refractivity contribution is 7.89. The maximum Gasteiger partial charge on any atom is 0.243 e. The first-order valence-corrected chi connectivity index (χ1v) is 7.68. The summed E-state index contributed by atoms with van der Waals surface area (Å²) in [5, 5.41) is 0. The molecular weight excluding hydrogens is 290 g/mol. The van der Waals surface area contributed by atoms with Gasteiger partial charge < -0.3 is 10.5 Å². The molecule has 112 valence electrons. The molecule has 2 rings (SSSR count). The van der Waals surface area contributed by atoms with Crippen molar-refractivity contribution < 1.29 is 21.9 Å². The molecule has 0 saturated heterocycles. The molecule has 0 spiro atoms. The number of halogens is 2. The van der Waals surface area contributed by atoms with Crippen LogP contribution in [0.5, 0.6) is 0 Å². The molecule has 0 heterocycles. The number of ether oxygens (including phenoxy) is 1. The van der Waals surface area contributed by atoms with Crippen LogP contribution in [0.15, 0.2) is 23.1 Å². The monoisotopic (exact) mass is 306 g/mol. The normalized spacial score (nSPS) is 26.3. The van der Waals surface area contributed by atoms with Gasteiger partial charge in [-0.3, -0.25) is 0 Å². The first kappa shape index (κ1) is 15.3. The summed E-state index contributed by atoms with van der Waals surface area (Å²) in [6.45, 7) is 2.20. The molecule has 5 nitrogen and oxygen atoms in total. The predicted molar refractivity (Wildman–Crippen MR) is 68.5 cm³/mol. The Kier molecular flexibility index (Phi) is 4.38. The van der Waals surface area contributed by atoms with E-state index in [0.29, 0.717) is 19.1 Å². The Morgan fingerprint density at radius 2 is 2.15 bits per heavy atom. The van der Waals surface area contributed by atoms with Crippen molar-refractivity contribution in [3.05, 3.63) is 29.8 Å². The molecule has 0 aromatic heterocycles. The molecule has 0 amide bonds. The second-order valence-corrected chi connectivity index (χ2v) is 6.30. The van der Waals surface area contributed by atoms with E-state index in [-0.39, 0.29) is 6.10 Å². The summed E-state index contributed by atoms with van der Waals surface area (Å²) in [6, 6.07) is 1.22. The molecule has 3 atom stereocenters. The molecular formula is C12H16F2N2O3S. The first-order valence-electron chi connectivity index (χ1n) is 6.19. The maximum absolute atomic E-state index is 13.5. The van der Waals surface area contributed by atoms with Crippen LogP contribution in [0.25, 0.3) is 0 Å². The zero-order valence-corrected chi connectivity index (χ0v) is 11.7. The summed E-state index contributed by atoms with van der Waals surface area (Å²) < 4.78 is 58.4. The Morgan fingerprint density at radius 1 is 1.45 bits per heavy atom. The third-order valence-electron chi connectivity index (χ3n) is 3.22. The Bertz CT molecular complexity index is 592. The smallest absolute Gasteiger partial charge is 0.243 e. The van der Waals surface area contributed by atoms with Gasteiger partial charge in [0.1, 0.15) is 16.5 Å². The van der Waals surface area contributed by atoms with Crippen molar-refractivity contribution in [3.8, 4) is 0 Å². The van der Waals surface area contributed by atoms with Crippen molar-refractivity contribution in [1.82, 2.24) is 4.72 Å². The number of benzene rings is 1. The molecule has 3 N–H and O–H groups in total. The SMILES string of the molecule is CCOC1CC(N)C1NS(=O)(=O)c1cc(F)ccc1F. The molecule has 8 heteroatoms. The highest BCUT2D eigenvalue weighted by Crippen LogP contribution is 2.25. The number of nitrogens with one attached hydrogen (secondary N) is 1. The Hall–Kier alpha value is -1.09. The van der Waals surface area contributed by atoms with Crippen molar-refractivity contribution in [2.75, 3.05) is 6.61 Å². The highest BCUT2D eigenvalue weighted by atomic mass is 32.2. The minimum atomic E-state index is -4.18. The molecule has 0 radical (unpaired) electrons. The van der Waals surface area contributed by atoms with Crippen molar-refractivity contribution in [3.63, 3.8) is 0 Å². The predicted octanol–water partition coefficient (Wildman–Crippen LogP) is 0.748. The van der Waals surface area contributed by atoms with Gasteiger partial charge in [-0.05, 0) is 31.5 Å². The fourth-order valence-electron chi connectivity index (χ4n) is 2.12. The van der Waals surface area contributed by atoms with Crippen LogP contribution >= 0.6 is 0 Å². The van der Waals surface area contributed by atoms with Gasteiger partial charge in [0, 0.05) is 12.6 Å². The third kappa shape index (κ3) is 2.98. The molecule has 20 heavy (non-hydrogen) atoms. The van der Waals surface area contributed by atoms with E-state index in [1.165, 1.54) is 0 Å². The first-order chi connectivity index (χ1) is 9.35. The molecule has 1 aliphatic carbocycles. The minimum absolute atomic E-state index is 0.346. The molecule has 3 unspecified atom stereocenters.